The highest BCUT2D eigenvalue weighted by Gasteiger charge is 2.31. The van der Waals surface area contributed by atoms with Gasteiger partial charge in [-0.2, -0.15) is 0 Å². The molecule has 2 aromatic carbocycles. The number of hydrogen-bond donors (Lipinski definition) is 0. The van der Waals surface area contributed by atoms with Crippen LogP contribution in [0.3, 0.4) is 0 Å². The maximum Gasteiger partial charge on any atom is 0.235 e. The molecule has 0 radical (unpaired) electrons. The van der Waals surface area contributed by atoms with Gasteiger partial charge >= 0.3 is 0 Å². The van der Waals surface area contributed by atoms with Gasteiger partial charge in [-0.1, -0.05) is 24.3 Å². The summed E-state index contributed by atoms with van der Waals surface area (Å²) in [6, 6.07) is 16.1. The molecule has 138 valence electrons. The normalized spacial score (nSPS) is 17.2. The molecule has 1 aliphatic heterocycles. The maximum atomic E-state index is 13.4. The predicted octanol–water partition coefficient (Wildman–Crippen LogP) is 3.87. The number of nitrogens with zero attached hydrogens (tertiary/aromatic N) is 2. The number of anilines is 1. The summed E-state index contributed by atoms with van der Waals surface area (Å²) in [5.41, 5.74) is 2.09. The summed E-state index contributed by atoms with van der Waals surface area (Å²) >= 11 is 1.77. The molecular formula is C21H26N2O2S. The zero-order chi connectivity index (χ0) is 18.5. The SMILES string of the molecule is COc1ccc(C2CSc3ccccc3N(CCCN(C)C)C2=O)cc1. The monoisotopic (exact) mass is 370 g/mol. The molecule has 2 aromatic rings. The molecule has 5 heteroatoms. The molecule has 0 aliphatic carbocycles. The summed E-state index contributed by atoms with van der Waals surface area (Å²) in [6.45, 7) is 1.70. The summed E-state index contributed by atoms with van der Waals surface area (Å²) in [4.78, 5) is 18.7. The molecule has 0 N–H and O–H groups in total. The minimum absolute atomic E-state index is 0.141. The average molecular weight is 371 g/mol. The molecule has 1 heterocycles. The fraction of sp³-hybridized carbons (Fsp3) is 0.381. The van der Waals surface area contributed by atoms with Crippen LogP contribution in [0.5, 0.6) is 5.75 Å². The number of hydrogen-bond acceptors (Lipinski definition) is 4. The van der Waals surface area contributed by atoms with E-state index < -0.39 is 0 Å². The van der Waals surface area contributed by atoms with Crippen LogP contribution in [0.25, 0.3) is 0 Å². The molecule has 26 heavy (non-hydrogen) atoms. The van der Waals surface area contributed by atoms with E-state index in [-0.39, 0.29) is 11.8 Å². The molecule has 1 amide bonds. The van der Waals surface area contributed by atoms with Crippen molar-refractivity contribution in [2.24, 2.45) is 0 Å². The van der Waals surface area contributed by atoms with Crippen LogP contribution in [0.1, 0.15) is 17.9 Å². The Hall–Kier alpha value is -1.98. The third kappa shape index (κ3) is 4.22. The number of rotatable bonds is 6. The Kier molecular flexibility index (Phi) is 6.22. The van der Waals surface area contributed by atoms with Gasteiger partial charge in [-0.05, 0) is 56.9 Å². The topological polar surface area (TPSA) is 32.8 Å². The third-order valence-corrected chi connectivity index (χ3v) is 5.79. The zero-order valence-electron chi connectivity index (χ0n) is 15.6. The van der Waals surface area contributed by atoms with Crippen molar-refractivity contribution in [3.05, 3.63) is 54.1 Å². The Morgan fingerprint density at radius 3 is 2.58 bits per heavy atom. The number of para-hydroxylation sites is 1. The predicted molar refractivity (Wildman–Crippen MR) is 108 cm³/mol. The highest BCUT2D eigenvalue weighted by Crippen LogP contribution is 2.39. The quantitative estimate of drug-likeness (QED) is 0.773. The summed E-state index contributed by atoms with van der Waals surface area (Å²) in [5.74, 6) is 1.62. The van der Waals surface area contributed by atoms with Crippen molar-refractivity contribution in [2.45, 2.75) is 17.2 Å². The van der Waals surface area contributed by atoms with Gasteiger partial charge in [-0.3, -0.25) is 4.79 Å². The van der Waals surface area contributed by atoms with Crippen molar-refractivity contribution < 1.29 is 9.53 Å². The molecule has 1 atom stereocenters. The second-order valence-corrected chi connectivity index (χ2v) is 7.81. The second kappa shape index (κ2) is 8.60. The van der Waals surface area contributed by atoms with Crippen molar-refractivity contribution in [3.63, 3.8) is 0 Å². The second-order valence-electron chi connectivity index (χ2n) is 6.75. The lowest BCUT2D eigenvalue weighted by Crippen LogP contribution is -2.37. The highest BCUT2D eigenvalue weighted by atomic mass is 32.2. The van der Waals surface area contributed by atoms with Crippen LogP contribution in [-0.2, 0) is 4.79 Å². The number of amides is 1. The molecule has 0 aromatic heterocycles. The zero-order valence-corrected chi connectivity index (χ0v) is 16.5. The van der Waals surface area contributed by atoms with Gasteiger partial charge in [-0.25, -0.2) is 0 Å². The van der Waals surface area contributed by atoms with Gasteiger partial charge in [0.25, 0.3) is 0 Å². The van der Waals surface area contributed by atoms with Crippen LogP contribution in [-0.4, -0.2) is 50.9 Å². The largest absolute Gasteiger partial charge is 0.497 e. The number of methoxy groups -OCH3 is 1. The fourth-order valence-electron chi connectivity index (χ4n) is 3.20. The molecule has 0 bridgehead atoms. The Bertz CT molecular complexity index is 746. The van der Waals surface area contributed by atoms with Crippen LogP contribution in [0.2, 0.25) is 0 Å². The average Bonchev–Trinajstić information content (AvgIpc) is 2.79. The molecule has 0 saturated carbocycles. The van der Waals surface area contributed by atoms with E-state index in [4.69, 9.17) is 4.74 Å². The standard InChI is InChI=1S/C21H26N2O2S/c1-22(2)13-6-14-23-19-7-4-5-8-20(19)26-15-18(21(23)24)16-9-11-17(25-3)12-10-16/h4-5,7-12,18H,6,13-15H2,1-3H3. The molecule has 1 unspecified atom stereocenters. The first-order chi connectivity index (χ1) is 12.6. The summed E-state index contributed by atoms with van der Waals surface area (Å²) < 4.78 is 5.25. The fourth-order valence-corrected chi connectivity index (χ4v) is 4.39. The van der Waals surface area contributed by atoms with E-state index in [1.54, 1.807) is 18.9 Å². The molecule has 0 saturated heterocycles. The van der Waals surface area contributed by atoms with Gasteiger partial charge in [0.1, 0.15) is 5.75 Å². The van der Waals surface area contributed by atoms with Gasteiger partial charge in [0.05, 0.1) is 18.7 Å². The van der Waals surface area contributed by atoms with Crippen LogP contribution in [0, 0.1) is 0 Å². The number of thioether (sulfide) groups is 1. The van der Waals surface area contributed by atoms with Gasteiger partial charge in [0, 0.05) is 17.2 Å². The van der Waals surface area contributed by atoms with E-state index in [1.807, 2.05) is 41.3 Å². The Labute approximate surface area is 160 Å². The summed E-state index contributed by atoms with van der Waals surface area (Å²) in [5, 5.41) is 0. The number of carbonyl (C=O) groups is 1. The van der Waals surface area contributed by atoms with Crippen molar-refractivity contribution in [1.82, 2.24) is 4.90 Å². The van der Waals surface area contributed by atoms with Gasteiger partial charge < -0.3 is 14.5 Å². The van der Waals surface area contributed by atoms with Crippen molar-refractivity contribution >= 4 is 23.4 Å². The third-order valence-electron chi connectivity index (χ3n) is 4.63. The van der Waals surface area contributed by atoms with Crippen molar-refractivity contribution in [1.29, 1.82) is 0 Å². The Balaban J connectivity index is 1.88. The molecule has 0 spiro atoms. The van der Waals surface area contributed by atoms with Crippen LogP contribution in [0.15, 0.2) is 53.4 Å². The van der Waals surface area contributed by atoms with Crippen LogP contribution >= 0.6 is 11.8 Å². The number of carbonyl (C=O) groups excluding carboxylic acids is 1. The maximum absolute atomic E-state index is 13.4. The summed E-state index contributed by atoms with van der Waals surface area (Å²) in [6.07, 6.45) is 0.951. The highest BCUT2D eigenvalue weighted by molar-refractivity contribution is 7.99. The van der Waals surface area contributed by atoms with Crippen LogP contribution in [0.4, 0.5) is 5.69 Å². The van der Waals surface area contributed by atoms with Gasteiger partial charge in [-0.15, -0.1) is 11.8 Å². The first kappa shape index (κ1) is 18.8. The molecular weight excluding hydrogens is 344 g/mol. The van der Waals surface area contributed by atoms with Gasteiger partial charge in [0.15, 0.2) is 0 Å². The smallest absolute Gasteiger partial charge is 0.235 e. The Morgan fingerprint density at radius 2 is 1.88 bits per heavy atom. The Morgan fingerprint density at radius 1 is 1.15 bits per heavy atom. The minimum atomic E-state index is -0.141. The molecule has 1 aliphatic rings. The number of fused-ring (bicyclic) bond motifs is 1. The van der Waals surface area contributed by atoms with E-state index >= 15 is 0 Å². The molecule has 0 fully saturated rings. The molecule has 3 rings (SSSR count). The van der Waals surface area contributed by atoms with Crippen molar-refractivity contribution in [3.8, 4) is 5.75 Å². The lowest BCUT2D eigenvalue weighted by Gasteiger charge is -2.26. The lowest BCUT2D eigenvalue weighted by molar-refractivity contribution is -0.119. The molecule has 4 nitrogen and oxygen atoms in total. The van der Waals surface area contributed by atoms with Crippen LogP contribution < -0.4 is 9.64 Å². The van der Waals surface area contributed by atoms with Crippen molar-refractivity contribution in [2.75, 3.05) is 44.9 Å². The van der Waals surface area contributed by atoms with E-state index in [1.165, 1.54) is 4.90 Å². The first-order valence-corrected chi connectivity index (χ1v) is 9.90. The summed E-state index contributed by atoms with van der Waals surface area (Å²) in [7, 11) is 5.78. The minimum Gasteiger partial charge on any atom is -0.497 e. The number of benzene rings is 2. The number of ether oxygens (including phenoxy) is 1. The lowest BCUT2D eigenvalue weighted by atomic mass is 9.99. The van der Waals surface area contributed by atoms with Gasteiger partial charge in [0.2, 0.25) is 5.91 Å². The van der Waals surface area contributed by atoms with E-state index in [2.05, 4.69) is 31.1 Å². The first-order valence-electron chi connectivity index (χ1n) is 8.92. The van der Waals surface area contributed by atoms with E-state index in [9.17, 15) is 4.79 Å². The van der Waals surface area contributed by atoms with E-state index in [0.29, 0.717) is 0 Å². The van der Waals surface area contributed by atoms with E-state index in [0.717, 1.165) is 42.3 Å².